The lowest BCUT2D eigenvalue weighted by Gasteiger charge is -2.27. The molecule has 3 aromatic rings. The second-order valence-electron chi connectivity index (χ2n) is 8.50. The first-order valence-corrected chi connectivity index (χ1v) is 10.6. The van der Waals surface area contributed by atoms with Crippen LogP contribution in [0.4, 0.5) is 14.5 Å². The smallest absolute Gasteiger partial charge is 0.241 e. The van der Waals surface area contributed by atoms with Gasteiger partial charge in [0.2, 0.25) is 29.0 Å². The summed E-state index contributed by atoms with van der Waals surface area (Å²) in [5, 5.41) is 0. The van der Waals surface area contributed by atoms with Gasteiger partial charge in [0, 0.05) is 17.2 Å². The highest BCUT2D eigenvalue weighted by Crippen LogP contribution is 2.57. The minimum atomic E-state index is -2.24. The van der Waals surface area contributed by atoms with E-state index in [-0.39, 0.29) is 11.1 Å². The van der Waals surface area contributed by atoms with Gasteiger partial charge < -0.3 is 4.74 Å². The fraction of sp³-hybridized carbons (Fsp3) is 0.154. The van der Waals surface area contributed by atoms with E-state index in [1.54, 1.807) is 42.5 Å². The zero-order valence-electron chi connectivity index (χ0n) is 17.4. The Bertz CT molecular complexity index is 1380. The van der Waals surface area contributed by atoms with E-state index >= 15 is 0 Å². The van der Waals surface area contributed by atoms with Gasteiger partial charge in [-0.25, -0.2) is 13.7 Å². The highest BCUT2D eigenvalue weighted by atomic mass is 19.1. The molecule has 0 radical (unpaired) electrons. The minimum Gasteiger partial charge on any atom is -0.349 e. The molecule has 34 heavy (non-hydrogen) atoms. The second-order valence-corrected chi connectivity index (χ2v) is 8.50. The van der Waals surface area contributed by atoms with Crippen LogP contribution in [0.1, 0.15) is 32.4 Å². The maximum atomic E-state index is 14.6. The van der Waals surface area contributed by atoms with E-state index in [0.717, 1.165) is 12.1 Å². The molecule has 8 heteroatoms. The summed E-state index contributed by atoms with van der Waals surface area (Å²) in [4.78, 5) is 55.1. The Labute approximate surface area is 191 Å². The van der Waals surface area contributed by atoms with Gasteiger partial charge >= 0.3 is 0 Å². The highest BCUT2D eigenvalue weighted by molar-refractivity contribution is 6.37. The molecule has 6 nitrogen and oxygen atoms in total. The van der Waals surface area contributed by atoms with Crippen molar-refractivity contribution in [3.8, 4) is 0 Å². The number of halogens is 2. The normalized spacial score (nSPS) is 24.8. The molecule has 2 amide bonds. The van der Waals surface area contributed by atoms with Crippen LogP contribution in [0.3, 0.4) is 0 Å². The molecule has 0 unspecified atom stereocenters. The quantitative estimate of drug-likeness (QED) is 0.432. The lowest BCUT2D eigenvalue weighted by molar-refractivity contribution is -0.127. The number of hydrogen-bond acceptors (Lipinski definition) is 5. The van der Waals surface area contributed by atoms with Gasteiger partial charge in [-0.1, -0.05) is 54.6 Å². The monoisotopic (exact) mass is 459 g/mol. The summed E-state index contributed by atoms with van der Waals surface area (Å²) in [6.07, 6.45) is -1.10. The van der Waals surface area contributed by atoms with Crippen molar-refractivity contribution in [1.29, 1.82) is 0 Å². The number of anilines is 1. The van der Waals surface area contributed by atoms with Gasteiger partial charge in [-0.05, 0) is 17.7 Å². The lowest BCUT2D eigenvalue weighted by atomic mass is 9.77. The molecule has 0 bridgehead atoms. The number of amides is 2. The van der Waals surface area contributed by atoms with E-state index in [9.17, 15) is 28.0 Å². The predicted octanol–water partition coefficient (Wildman–Crippen LogP) is 3.66. The van der Waals surface area contributed by atoms with Crippen molar-refractivity contribution >= 4 is 29.1 Å². The number of rotatable bonds is 2. The molecule has 2 saturated heterocycles. The summed E-state index contributed by atoms with van der Waals surface area (Å²) in [5.74, 6) is -7.90. The van der Waals surface area contributed by atoms with Crippen LogP contribution >= 0.6 is 0 Å². The van der Waals surface area contributed by atoms with Gasteiger partial charge in [-0.15, -0.1) is 0 Å². The summed E-state index contributed by atoms with van der Waals surface area (Å²) in [5.41, 5.74) is -1.98. The topological polar surface area (TPSA) is 80.8 Å². The van der Waals surface area contributed by atoms with Crippen LogP contribution in [0.25, 0.3) is 0 Å². The molecule has 3 aliphatic rings. The van der Waals surface area contributed by atoms with Crippen molar-refractivity contribution in [3.63, 3.8) is 0 Å². The van der Waals surface area contributed by atoms with Crippen molar-refractivity contribution in [1.82, 2.24) is 0 Å². The van der Waals surface area contributed by atoms with Crippen molar-refractivity contribution in [2.24, 2.45) is 11.8 Å². The van der Waals surface area contributed by atoms with Crippen molar-refractivity contribution in [3.05, 3.63) is 101 Å². The number of fused-ring (bicyclic) bond motifs is 3. The van der Waals surface area contributed by atoms with Crippen molar-refractivity contribution < 1.29 is 32.7 Å². The van der Waals surface area contributed by atoms with Gasteiger partial charge in [0.05, 0.1) is 23.6 Å². The Morgan fingerprint density at radius 3 is 2.00 bits per heavy atom. The number of benzene rings is 3. The van der Waals surface area contributed by atoms with Crippen molar-refractivity contribution in [2.45, 2.75) is 11.7 Å². The van der Waals surface area contributed by atoms with Gasteiger partial charge in [-0.2, -0.15) is 0 Å². The third-order valence-corrected chi connectivity index (χ3v) is 6.80. The molecule has 3 aromatic carbocycles. The maximum Gasteiger partial charge on any atom is 0.241 e. The van der Waals surface area contributed by atoms with Crippen LogP contribution in [0.15, 0.2) is 72.8 Å². The molecule has 2 aliphatic heterocycles. The third kappa shape index (κ3) is 2.46. The highest BCUT2D eigenvalue weighted by Gasteiger charge is 2.74. The second kappa shape index (κ2) is 6.98. The van der Waals surface area contributed by atoms with Gasteiger partial charge in [0.1, 0.15) is 11.6 Å². The summed E-state index contributed by atoms with van der Waals surface area (Å²) in [6, 6.07) is 17.1. The molecule has 168 valence electrons. The summed E-state index contributed by atoms with van der Waals surface area (Å²) < 4.78 is 34.3. The zero-order valence-corrected chi connectivity index (χ0v) is 17.4. The molecule has 3 atom stereocenters. The molecule has 2 heterocycles. The average molecular weight is 459 g/mol. The Morgan fingerprint density at radius 1 is 0.765 bits per heavy atom. The molecule has 6 rings (SSSR count). The van der Waals surface area contributed by atoms with E-state index in [0.29, 0.717) is 16.5 Å². The number of ketones is 2. The average Bonchev–Trinajstić information content (AvgIpc) is 3.40. The van der Waals surface area contributed by atoms with E-state index < -0.39 is 64.2 Å². The first-order chi connectivity index (χ1) is 16.4. The maximum absolute atomic E-state index is 14.6. The van der Waals surface area contributed by atoms with Gasteiger partial charge in [-0.3, -0.25) is 19.2 Å². The summed E-state index contributed by atoms with van der Waals surface area (Å²) in [7, 11) is 0. The number of imide groups is 1. The van der Waals surface area contributed by atoms with E-state index in [1.807, 2.05) is 0 Å². The van der Waals surface area contributed by atoms with Crippen LogP contribution in [0.5, 0.6) is 0 Å². The molecular formula is C26H15F2NO5. The fourth-order valence-electron chi connectivity index (χ4n) is 5.36. The van der Waals surface area contributed by atoms with Crippen LogP contribution in [0, 0.1) is 23.5 Å². The Balaban J connectivity index is 1.56. The predicted molar refractivity (Wildman–Crippen MR) is 114 cm³/mol. The summed E-state index contributed by atoms with van der Waals surface area (Å²) in [6.45, 7) is 0. The van der Waals surface area contributed by atoms with E-state index in [4.69, 9.17) is 4.74 Å². The molecule has 0 saturated carbocycles. The van der Waals surface area contributed by atoms with Crippen LogP contribution in [-0.2, 0) is 14.3 Å². The van der Waals surface area contributed by atoms with Crippen LogP contribution < -0.4 is 4.90 Å². The Morgan fingerprint density at radius 2 is 1.38 bits per heavy atom. The fourth-order valence-corrected chi connectivity index (χ4v) is 5.36. The summed E-state index contributed by atoms with van der Waals surface area (Å²) >= 11 is 0. The van der Waals surface area contributed by atoms with E-state index in [1.165, 1.54) is 12.1 Å². The molecule has 0 aromatic heterocycles. The first-order valence-electron chi connectivity index (χ1n) is 10.6. The van der Waals surface area contributed by atoms with Crippen molar-refractivity contribution in [2.75, 3.05) is 4.90 Å². The number of hydrogen-bond donors (Lipinski definition) is 0. The Hall–Kier alpha value is -4.04. The molecule has 1 aliphatic carbocycles. The van der Waals surface area contributed by atoms with Crippen LogP contribution in [0.2, 0.25) is 0 Å². The molecule has 1 spiro atoms. The number of carbonyl (C=O) groups is 4. The largest absolute Gasteiger partial charge is 0.349 e. The van der Waals surface area contributed by atoms with Gasteiger partial charge in [0.15, 0.2) is 0 Å². The molecule has 0 N–H and O–H groups in total. The molecule has 2 fully saturated rings. The first kappa shape index (κ1) is 20.6. The standard InChI is InChI=1S/C26H15F2NO5/c27-14-10-11-18(17(28)12-14)29-24(32)19-20(25(29)33)26(34-21(19)13-6-2-1-3-7-13)22(30)15-8-4-5-9-16(15)23(26)31/h1-12,19-21H/t19-,20-,21-/m0/s1. The number of ether oxygens (including phenoxy) is 1. The lowest BCUT2D eigenvalue weighted by Crippen LogP contribution is -2.51. The minimum absolute atomic E-state index is 0.103. The number of nitrogens with zero attached hydrogens (tertiary/aromatic N) is 1. The zero-order chi connectivity index (χ0) is 23.8. The third-order valence-electron chi connectivity index (χ3n) is 6.80. The van der Waals surface area contributed by atoms with Crippen LogP contribution in [-0.4, -0.2) is 29.0 Å². The number of carbonyl (C=O) groups excluding carboxylic acids is 4. The molecular weight excluding hydrogens is 444 g/mol. The Kier molecular flexibility index (Phi) is 4.22. The number of Topliss-reactive ketones (excluding diaryl/α,β-unsaturated/α-hetero) is 2. The van der Waals surface area contributed by atoms with E-state index in [2.05, 4.69) is 0 Å². The van der Waals surface area contributed by atoms with Gasteiger partial charge in [0.25, 0.3) is 0 Å². The SMILES string of the molecule is O=C1[C@H]2[C@@H](C(=O)N1c1ccc(F)cc1F)C1(O[C@H]2c2ccccc2)C(=O)c2ccccc2C1=O.